The summed E-state index contributed by atoms with van der Waals surface area (Å²) in [6.07, 6.45) is 3.78. The van der Waals surface area contributed by atoms with Crippen molar-refractivity contribution in [2.24, 2.45) is 0 Å². The Labute approximate surface area is 135 Å². The van der Waals surface area contributed by atoms with Crippen molar-refractivity contribution < 1.29 is 0 Å². The summed E-state index contributed by atoms with van der Waals surface area (Å²) in [5, 5.41) is 9.33. The highest BCUT2D eigenvalue weighted by atomic mass is 32.1. The van der Waals surface area contributed by atoms with E-state index in [1.165, 1.54) is 46.0 Å². The molecule has 114 valence electrons. The smallest absolute Gasteiger partial charge is 0.124 e. The van der Waals surface area contributed by atoms with Crippen LogP contribution in [0.15, 0.2) is 10.8 Å². The van der Waals surface area contributed by atoms with Crippen LogP contribution in [0.1, 0.15) is 55.7 Å². The number of nitrogens with zero attached hydrogens (tertiary/aromatic N) is 1. The normalized spacial score (nSPS) is 18.8. The van der Waals surface area contributed by atoms with Crippen molar-refractivity contribution in [3.8, 4) is 10.6 Å². The van der Waals surface area contributed by atoms with E-state index in [1.807, 2.05) is 11.3 Å². The third kappa shape index (κ3) is 3.38. The van der Waals surface area contributed by atoms with Gasteiger partial charge in [-0.05, 0) is 57.9 Å². The quantitative estimate of drug-likeness (QED) is 0.862. The number of hydrogen-bond donors (Lipinski definition) is 1. The topological polar surface area (TPSA) is 24.9 Å². The molecular weight excluding hydrogens is 296 g/mol. The SMILES string of the molecule is Cc1cscc1-c1nc2c(s1)CCCC2CNC(C)(C)C. The largest absolute Gasteiger partial charge is 0.311 e. The van der Waals surface area contributed by atoms with Gasteiger partial charge in [0.15, 0.2) is 0 Å². The van der Waals surface area contributed by atoms with E-state index in [0.717, 1.165) is 6.54 Å². The Bertz CT molecular complexity index is 619. The van der Waals surface area contributed by atoms with E-state index in [1.54, 1.807) is 11.3 Å². The summed E-state index contributed by atoms with van der Waals surface area (Å²) in [5.74, 6) is 0.580. The highest BCUT2D eigenvalue weighted by molar-refractivity contribution is 7.15. The average molecular weight is 321 g/mol. The van der Waals surface area contributed by atoms with Gasteiger partial charge in [0.2, 0.25) is 0 Å². The minimum Gasteiger partial charge on any atom is -0.311 e. The van der Waals surface area contributed by atoms with Gasteiger partial charge in [-0.1, -0.05) is 0 Å². The van der Waals surface area contributed by atoms with Gasteiger partial charge in [-0.15, -0.1) is 11.3 Å². The number of fused-ring (bicyclic) bond motifs is 1. The van der Waals surface area contributed by atoms with Crippen LogP contribution in [0.4, 0.5) is 0 Å². The molecule has 2 nitrogen and oxygen atoms in total. The molecule has 0 spiro atoms. The molecule has 1 N–H and O–H groups in total. The molecule has 2 aromatic heterocycles. The molecule has 0 aliphatic heterocycles. The lowest BCUT2D eigenvalue weighted by molar-refractivity contribution is 0.388. The van der Waals surface area contributed by atoms with Crippen molar-refractivity contribution >= 4 is 22.7 Å². The Morgan fingerprint density at radius 3 is 2.81 bits per heavy atom. The van der Waals surface area contributed by atoms with Crippen LogP contribution in [0, 0.1) is 6.92 Å². The van der Waals surface area contributed by atoms with Crippen LogP contribution in [0.25, 0.3) is 10.6 Å². The molecule has 2 heterocycles. The molecule has 21 heavy (non-hydrogen) atoms. The number of thiophene rings is 1. The number of thiazole rings is 1. The van der Waals surface area contributed by atoms with Crippen LogP contribution in [-0.2, 0) is 6.42 Å². The van der Waals surface area contributed by atoms with Gasteiger partial charge in [0.1, 0.15) is 5.01 Å². The van der Waals surface area contributed by atoms with Gasteiger partial charge < -0.3 is 5.32 Å². The first kappa shape index (κ1) is 15.2. The van der Waals surface area contributed by atoms with Crippen molar-refractivity contribution in [3.63, 3.8) is 0 Å². The Balaban J connectivity index is 1.85. The zero-order valence-corrected chi connectivity index (χ0v) is 15.0. The molecule has 0 amide bonds. The number of aryl methyl sites for hydroxylation is 2. The Morgan fingerprint density at radius 1 is 1.33 bits per heavy atom. The maximum Gasteiger partial charge on any atom is 0.124 e. The molecule has 0 aromatic carbocycles. The summed E-state index contributed by atoms with van der Waals surface area (Å²) >= 11 is 3.69. The molecular formula is C17H24N2S2. The summed E-state index contributed by atoms with van der Waals surface area (Å²) in [4.78, 5) is 6.54. The van der Waals surface area contributed by atoms with Crippen molar-refractivity contribution in [1.82, 2.24) is 10.3 Å². The van der Waals surface area contributed by atoms with Crippen LogP contribution in [0.2, 0.25) is 0 Å². The van der Waals surface area contributed by atoms with Crippen LogP contribution < -0.4 is 5.32 Å². The molecule has 4 heteroatoms. The van der Waals surface area contributed by atoms with Crippen LogP contribution in [-0.4, -0.2) is 17.1 Å². The monoisotopic (exact) mass is 320 g/mol. The van der Waals surface area contributed by atoms with Crippen molar-refractivity contribution in [2.75, 3.05) is 6.54 Å². The zero-order chi connectivity index (χ0) is 15.0. The summed E-state index contributed by atoms with van der Waals surface area (Å²) in [7, 11) is 0. The lowest BCUT2D eigenvalue weighted by atomic mass is 9.90. The van der Waals surface area contributed by atoms with Crippen molar-refractivity contribution in [2.45, 2.75) is 58.4 Å². The van der Waals surface area contributed by atoms with Crippen LogP contribution in [0.3, 0.4) is 0 Å². The van der Waals surface area contributed by atoms with E-state index < -0.39 is 0 Å². The Hall–Kier alpha value is -0.710. The second-order valence-corrected chi connectivity index (χ2v) is 8.84. The highest BCUT2D eigenvalue weighted by Crippen LogP contribution is 2.39. The van der Waals surface area contributed by atoms with Gasteiger partial charge in [-0.25, -0.2) is 4.98 Å². The molecule has 1 aliphatic rings. The molecule has 1 atom stereocenters. The highest BCUT2D eigenvalue weighted by Gasteiger charge is 2.26. The van der Waals surface area contributed by atoms with Gasteiger partial charge in [-0.2, -0.15) is 11.3 Å². The van der Waals surface area contributed by atoms with E-state index >= 15 is 0 Å². The maximum absolute atomic E-state index is 5.02. The van der Waals surface area contributed by atoms with Gasteiger partial charge in [-0.3, -0.25) is 0 Å². The fraction of sp³-hybridized carbons (Fsp3) is 0.588. The van der Waals surface area contributed by atoms with E-state index in [-0.39, 0.29) is 5.54 Å². The number of rotatable bonds is 3. The molecule has 0 fully saturated rings. The lowest BCUT2D eigenvalue weighted by Crippen LogP contribution is -2.39. The van der Waals surface area contributed by atoms with Gasteiger partial charge in [0.05, 0.1) is 5.69 Å². The van der Waals surface area contributed by atoms with E-state index in [9.17, 15) is 0 Å². The molecule has 1 aliphatic carbocycles. The molecule has 1 unspecified atom stereocenters. The Kier molecular flexibility index (Phi) is 4.21. The summed E-state index contributed by atoms with van der Waals surface area (Å²) in [6, 6.07) is 0. The van der Waals surface area contributed by atoms with Crippen molar-refractivity contribution in [3.05, 3.63) is 26.9 Å². The van der Waals surface area contributed by atoms with Gasteiger partial charge >= 0.3 is 0 Å². The predicted molar refractivity (Wildman–Crippen MR) is 93.6 cm³/mol. The standard InChI is InChI=1S/C17H24N2S2/c1-11-9-20-10-13(11)16-19-15-12(8-18-17(2,3)4)6-5-7-14(15)21-16/h9-10,12,18H,5-8H2,1-4H3. The minimum absolute atomic E-state index is 0.181. The third-order valence-electron chi connectivity index (χ3n) is 4.04. The predicted octanol–water partition coefficient (Wildman–Crippen LogP) is 4.99. The average Bonchev–Trinajstić information content (AvgIpc) is 3.00. The number of nitrogens with one attached hydrogen (secondary N) is 1. The van der Waals surface area contributed by atoms with E-state index in [0.29, 0.717) is 5.92 Å². The second kappa shape index (κ2) is 5.82. The Morgan fingerprint density at radius 2 is 2.14 bits per heavy atom. The van der Waals surface area contributed by atoms with Gasteiger partial charge in [0.25, 0.3) is 0 Å². The maximum atomic E-state index is 5.02. The molecule has 2 aromatic rings. The lowest BCUT2D eigenvalue weighted by Gasteiger charge is -2.27. The van der Waals surface area contributed by atoms with Crippen molar-refractivity contribution in [1.29, 1.82) is 0 Å². The van der Waals surface area contributed by atoms with Crippen LogP contribution >= 0.6 is 22.7 Å². The second-order valence-electron chi connectivity index (χ2n) is 7.02. The van der Waals surface area contributed by atoms with Gasteiger partial charge in [0, 0.05) is 33.8 Å². The molecule has 0 bridgehead atoms. The molecule has 0 saturated carbocycles. The molecule has 0 radical (unpaired) electrons. The van der Waals surface area contributed by atoms with E-state index in [4.69, 9.17) is 4.98 Å². The van der Waals surface area contributed by atoms with Crippen LogP contribution in [0.5, 0.6) is 0 Å². The first-order valence-corrected chi connectivity index (χ1v) is 9.48. The minimum atomic E-state index is 0.181. The zero-order valence-electron chi connectivity index (χ0n) is 13.3. The fourth-order valence-electron chi connectivity index (χ4n) is 2.83. The molecule has 0 saturated heterocycles. The molecule has 3 rings (SSSR count). The fourth-order valence-corrected chi connectivity index (χ4v) is 5.01. The third-order valence-corrected chi connectivity index (χ3v) is 6.06. The summed E-state index contributed by atoms with van der Waals surface area (Å²) in [5.41, 5.74) is 4.24. The summed E-state index contributed by atoms with van der Waals surface area (Å²) < 4.78 is 0. The number of aromatic nitrogens is 1. The first-order valence-electron chi connectivity index (χ1n) is 7.72. The number of hydrogen-bond acceptors (Lipinski definition) is 4. The first-order chi connectivity index (χ1) is 9.94. The van der Waals surface area contributed by atoms with E-state index in [2.05, 4.69) is 43.8 Å². The summed E-state index contributed by atoms with van der Waals surface area (Å²) in [6.45, 7) is 9.93.